The van der Waals surface area contributed by atoms with Crippen molar-refractivity contribution < 1.29 is 19.1 Å². The minimum Gasteiger partial charge on any atom is -0.481 e. The Balaban J connectivity index is 1.11. The number of anilines is 3. The molecule has 5 heterocycles. The first kappa shape index (κ1) is 23.8. The Hall–Kier alpha value is -3.57. The van der Waals surface area contributed by atoms with Crippen molar-refractivity contribution in [1.82, 2.24) is 15.3 Å². The van der Waals surface area contributed by atoms with E-state index in [2.05, 4.69) is 25.5 Å². The second-order valence-electron chi connectivity index (χ2n) is 9.41. The number of rotatable bonds is 5. The lowest BCUT2D eigenvalue weighted by Crippen LogP contribution is -2.50. The number of amides is 2. The number of hydrogen-bond donors (Lipinski definition) is 2. The number of carbonyl (C=O) groups excluding carboxylic acids is 2. The van der Waals surface area contributed by atoms with Gasteiger partial charge in [0.2, 0.25) is 11.8 Å². The van der Waals surface area contributed by atoms with Crippen molar-refractivity contribution in [2.45, 2.75) is 43.0 Å². The Labute approximate surface area is 218 Å². The molecule has 0 aliphatic carbocycles. The first-order chi connectivity index (χ1) is 18.0. The summed E-state index contributed by atoms with van der Waals surface area (Å²) in [6.45, 7) is 3.67. The number of piperidine rings is 1. The highest BCUT2D eigenvalue weighted by Crippen LogP contribution is 2.37. The molecule has 192 valence electrons. The van der Waals surface area contributed by atoms with E-state index in [-0.39, 0.29) is 24.1 Å². The smallest absolute Gasteiger partial charge is 0.416 e. The third-order valence-electron chi connectivity index (χ3n) is 7.13. The average molecular weight is 521 g/mol. The van der Waals surface area contributed by atoms with Crippen LogP contribution in [0.5, 0.6) is 5.88 Å². The quantitative estimate of drug-likeness (QED) is 0.521. The highest BCUT2D eigenvalue weighted by molar-refractivity contribution is 8.00. The first-order valence-electron chi connectivity index (χ1n) is 12.4. The Morgan fingerprint density at radius 2 is 2.00 bits per heavy atom. The number of nitrogens with one attached hydrogen (secondary N) is 2. The summed E-state index contributed by atoms with van der Waals surface area (Å²) in [5, 5.41) is 6.45. The highest BCUT2D eigenvalue weighted by Gasteiger charge is 2.41. The SMILES string of the molecule is COc1ccc2nccc(N3CCC(NC4OC(=O)N(c5ccc6c(c5)NC(=O)CS6)[C@@H]4C)CC3)c2n1. The maximum atomic E-state index is 12.8. The molecule has 0 spiro atoms. The fourth-order valence-corrected chi connectivity index (χ4v) is 5.97. The molecule has 2 atom stereocenters. The Morgan fingerprint density at radius 3 is 2.81 bits per heavy atom. The molecule has 2 aromatic heterocycles. The van der Waals surface area contributed by atoms with Crippen LogP contribution in [-0.4, -0.2) is 66.2 Å². The zero-order chi connectivity index (χ0) is 25.5. The number of fused-ring (bicyclic) bond motifs is 2. The van der Waals surface area contributed by atoms with E-state index in [4.69, 9.17) is 9.47 Å². The molecule has 6 rings (SSSR count). The number of methoxy groups -OCH3 is 1. The lowest BCUT2D eigenvalue weighted by Gasteiger charge is -2.35. The van der Waals surface area contributed by atoms with Gasteiger partial charge in [-0.15, -0.1) is 11.8 Å². The van der Waals surface area contributed by atoms with Crippen LogP contribution in [0.3, 0.4) is 0 Å². The van der Waals surface area contributed by atoms with E-state index in [9.17, 15) is 9.59 Å². The Kier molecular flexibility index (Phi) is 6.25. The van der Waals surface area contributed by atoms with Gasteiger partial charge in [0.1, 0.15) is 5.52 Å². The van der Waals surface area contributed by atoms with Gasteiger partial charge in [-0.05, 0) is 50.1 Å². The number of hydrogen-bond acceptors (Lipinski definition) is 9. The van der Waals surface area contributed by atoms with Crippen LogP contribution in [0.4, 0.5) is 21.9 Å². The van der Waals surface area contributed by atoms with Gasteiger partial charge < -0.3 is 19.7 Å². The summed E-state index contributed by atoms with van der Waals surface area (Å²) in [6.07, 6.45) is 2.81. The van der Waals surface area contributed by atoms with Crippen LogP contribution < -0.4 is 25.2 Å². The standard InChI is InChI=1S/C26H28N6O4S/c1-15-25(36-26(34)32(15)17-3-5-21-19(13-17)29-22(33)14-37-21)28-16-8-11-31(12-9-16)20-7-10-27-18-4-6-23(35-2)30-24(18)20/h3-7,10,13,15-16,25,28H,8-9,11-12,14H2,1-2H3,(H,29,33)/t15-,25?/m1/s1. The van der Waals surface area contributed by atoms with Gasteiger partial charge in [0.25, 0.3) is 0 Å². The maximum absolute atomic E-state index is 12.8. The number of pyridine rings is 2. The van der Waals surface area contributed by atoms with E-state index in [0.717, 1.165) is 53.2 Å². The summed E-state index contributed by atoms with van der Waals surface area (Å²) in [5.41, 5.74) is 4.17. The van der Waals surface area contributed by atoms with Crippen molar-refractivity contribution in [3.8, 4) is 5.88 Å². The molecule has 0 bridgehead atoms. The van der Waals surface area contributed by atoms with Crippen LogP contribution in [0, 0.1) is 0 Å². The zero-order valence-electron chi connectivity index (χ0n) is 20.6. The first-order valence-corrected chi connectivity index (χ1v) is 13.4. The summed E-state index contributed by atoms with van der Waals surface area (Å²) in [5.74, 6) is 0.939. The maximum Gasteiger partial charge on any atom is 0.416 e. The zero-order valence-corrected chi connectivity index (χ0v) is 21.5. The van der Waals surface area contributed by atoms with Crippen LogP contribution >= 0.6 is 11.8 Å². The van der Waals surface area contributed by atoms with Crippen LogP contribution in [0.15, 0.2) is 47.5 Å². The molecule has 2 fully saturated rings. The van der Waals surface area contributed by atoms with Gasteiger partial charge in [-0.2, -0.15) is 0 Å². The summed E-state index contributed by atoms with van der Waals surface area (Å²) in [7, 11) is 1.61. The van der Waals surface area contributed by atoms with Crippen LogP contribution in [0.2, 0.25) is 0 Å². The number of carbonyl (C=O) groups is 2. The average Bonchev–Trinajstić information content (AvgIpc) is 3.20. The molecule has 0 radical (unpaired) electrons. The molecule has 2 amide bonds. The van der Waals surface area contributed by atoms with E-state index >= 15 is 0 Å². The topological polar surface area (TPSA) is 109 Å². The third-order valence-corrected chi connectivity index (χ3v) is 8.20. The molecule has 2 N–H and O–H groups in total. The van der Waals surface area contributed by atoms with Gasteiger partial charge in [-0.1, -0.05) is 0 Å². The fourth-order valence-electron chi connectivity index (χ4n) is 5.18. The minimum absolute atomic E-state index is 0.0349. The minimum atomic E-state index is -0.420. The molecule has 3 aliphatic rings. The van der Waals surface area contributed by atoms with Crippen molar-refractivity contribution >= 4 is 51.9 Å². The third kappa shape index (κ3) is 4.53. The molecule has 3 aliphatic heterocycles. The molecule has 10 nitrogen and oxygen atoms in total. The van der Waals surface area contributed by atoms with Crippen molar-refractivity contribution in [2.75, 3.05) is 41.1 Å². The second kappa shape index (κ2) is 9.71. The van der Waals surface area contributed by atoms with Crippen molar-refractivity contribution in [3.05, 3.63) is 42.6 Å². The second-order valence-corrected chi connectivity index (χ2v) is 10.4. The van der Waals surface area contributed by atoms with E-state index in [1.165, 1.54) is 11.8 Å². The molecular formula is C26H28N6O4S. The molecule has 37 heavy (non-hydrogen) atoms. The summed E-state index contributed by atoms with van der Waals surface area (Å²) >= 11 is 1.50. The summed E-state index contributed by atoms with van der Waals surface area (Å²) < 4.78 is 11.1. The van der Waals surface area contributed by atoms with Crippen molar-refractivity contribution in [1.29, 1.82) is 0 Å². The highest BCUT2D eigenvalue weighted by atomic mass is 32.2. The van der Waals surface area contributed by atoms with Crippen LogP contribution in [0.1, 0.15) is 19.8 Å². The normalized spacial score (nSPS) is 22.1. The molecule has 2 saturated heterocycles. The molecule has 0 saturated carbocycles. The van der Waals surface area contributed by atoms with E-state index < -0.39 is 6.23 Å². The molecule has 3 aromatic rings. The van der Waals surface area contributed by atoms with Crippen molar-refractivity contribution in [2.24, 2.45) is 0 Å². The number of nitrogens with zero attached hydrogens (tertiary/aromatic N) is 4. The Bertz CT molecular complexity index is 1360. The molecular weight excluding hydrogens is 492 g/mol. The number of ether oxygens (including phenoxy) is 2. The van der Waals surface area contributed by atoms with Gasteiger partial charge in [0, 0.05) is 42.0 Å². The largest absolute Gasteiger partial charge is 0.481 e. The molecule has 11 heteroatoms. The lowest BCUT2D eigenvalue weighted by atomic mass is 10.0. The Morgan fingerprint density at radius 1 is 1.16 bits per heavy atom. The monoisotopic (exact) mass is 520 g/mol. The van der Waals surface area contributed by atoms with Gasteiger partial charge >= 0.3 is 6.09 Å². The van der Waals surface area contributed by atoms with Gasteiger partial charge in [0.15, 0.2) is 6.23 Å². The van der Waals surface area contributed by atoms with Gasteiger partial charge in [0.05, 0.1) is 35.8 Å². The van der Waals surface area contributed by atoms with Gasteiger partial charge in [-0.25, -0.2) is 9.78 Å². The van der Waals surface area contributed by atoms with E-state index in [1.807, 2.05) is 49.5 Å². The predicted octanol–water partition coefficient (Wildman–Crippen LogP) is 3.61. The van der Waals surface area contributed by atoms with Crippen molar-refractivity contribution in [3.63, 3.8) is 0 Å². The van der Waals surface area contributed by atoms with Crippen LogP contribution in [0.25, 0.3) is 11.0 Å². The number of cyclic esters (lactones) is 1. The summed E-state index contributed by atoms with van der Waals surface area (Å²) in [4.78, 5) is 38.7. The van der Waals surface area contributed by atoms with Gasteiger partial charge in [-0.3, -0.25) is 20.0 Å². The molecule has 1 unspecified atom stereocenters. The van der Waals surface area contributed by atoms with E-state index in [0.29, 0.717) is 17.3 Å². The van der Waals surface area contributed by atoms with E-state index in [1.54, 1.807) is 12.0 Å². The molecule has 1 aromatic carbocycles. The number of thioether (sulfide) groups is 1. The summed E-state index contributed by atoms with van der Waals surface area (Å²) in [6, 6.07) is 11.5. The number of benzene rings is 1. The van der Waals surface area contributed by atoms with Crippen LogP contribution in [-0.2, 0) is 9.53 Å². The predicted molar refractivity (Wildman–Crippen MR) is 142 cm³/mol. The number of aromatic nitrogens is 2. The lowest BCUT2D eigenvalue weighted by molar-refractivity contribution is -0.113. The fraction of sp³-hybridized carbons (Fsp3) is 0.385.